The Balaban J connectivity index is 0.00000242. The molecule has 7 nitrogen and oxygen atoms in total. The summed E-state index contributed by atoms with van der Waals surface area (Å²) in [5.74, 6) is 0.436. The largest absolute Gasteiger partial charge is 0.484 e. The van der Waals surface area contributed by atoms with Crippen molar-refractivity contribution in [2.24, 2.45) is 11.7 Å². The maximum atomic E-state index is 11.9. The van der Waals surface area contributed by atoms with Crippen molar-refractivity contribution < 1.29 is 14.5 Å². The summed E-state index contributed by atoms with van der Waals surface area (Å²) in [6, 6.07) is 5.74. The number of nitro benzene ring substituents is 1. The fraction of sp³-hybridized carbons (Fsp3) is 0.500. The van der Waals surface area contributed by atoms with Crippen LogP contribution in [0, 0.1) is 16.0 Å². The van der Waals surface area contributed by atoms with Crippen molar-refractivity contribution in [3.63, 3.8) is 0 Å². The fourth-order valence-corrected chi connectivity index (χ4v) is 2.23. The van der Waals surface area contributed by atoms with Crippen molar-refractivity contribution in [3.8, 4) is 5.75 Å². The molecule has 1 unspecified atom stereocenters. The van der Waals surface area contributed by atoms with Gasteiger partial charge in [0.05, 0.1) is 16.5 Å². The molecule has 1 aliphatic rings. The minimum Gasteiger partial charge on any atom is -0.484 e. The normalized spacial score (nSPS) is 16.1. The summed E-state index contributed by atoms with van der Waals surface area (Å²) >= 11 is 0. The zero-order chi connectivity index (χ0) is 15.5. The molecule has 3 N–H and O–H groups in total. The molecule has 1 atom stereocenters. The zero-order valence-corrected chi connectivity index (χ0v) is 13.1. The quantitative estimate of drug-likeness (QED) is 0.584. The third kappa shape index (κ3) is 4.57. The summed E-state index contributed by atoms with van der Waals surface area (Å²) in [4.78, 5) is 22.1. The van der Waals surface area contributed by atoms with Crippen molar-refractivity contribution in [3.05, 3.63) is 34.4 Å². The molecule has 1 fully saturated rings. The van der Waals surface area contributed by atoms with Crippen molar-refractivity contribution in [1.29, 1.82) is 0 Å². The number of carbonyl (C=O) groups excluding carboxylic acids is 1. The lowest BCUT2D eigenvalue weighted by Crippen LogP contribution is -2.54. The smallest absolute Gasteiger partial charge is 0.273 e. The Morgan fingerprint density at radius 1 is 1.55 bits per heavy atom. The lowest BCUT2D eigenvalue weighted by atomic mass is 9.96. The Morgan fingerprint density at radius 3 is 2.77 bits per heavy atom. The van der Waals surface area contributed by atoms with Gasteiger partial charge < -0.3 is 15.8 Å². The number of hydrogen-bond acceptors (Lipinski definition) is 5. The number of ether oxygens (including phenoxy) is 1. The van der Waals surface area contributed by atoms with E-state index in [1.54, 1.807) is 6.07 Å². The molecule has 0 aliphatic heterocycles. The second-order valence-corrected chi connectivity index (χ2v) is 5.49. The van der Waals surface area contributed by atoms with Gasteiger partial charge in [-0.25, -0.2) is 0 Å². The minimum absolute atomic E-state index is 0. The molecular weight excluding hydrogens is 310 g/mol. The van der Waals surface area contributed by atoms with Crippen LogP contribution in [0.5, 0.6) is 5.75 Å². The number of halogens is 1. The van der Waals surface area contributed by atoms with Gasteiger partial charge >= 0.3 is 0 Å². The molecule has 0 saturated heterocycles. The second-order valence-electron chi connectivity index (χ2n) is 5.49. The first-order chi connectivity index (χ1) is 9.94. The summed E-state index contributed by atoms with van der Waals surface area (Å²) in [5, 5.41) is 13.5. The topological polar surface area (TPSA) is 107 Å². The van der Waals surface area contributed by atoms with Crippen LogP contribution in [0.4, 0.5) is 5.69 Å². The molecule has 2 rings (SSSR count). The number of nitrogens with one attached hydrogen (secondary N) is 1. The average Bonchev–Trinajstić information content (AvgIpc) is 3.30. The monoisotopic (exact) mass is 329 g/mol. The van der Waals surface area contributed by atoms with Crippen LogP contribution in [-0.2, 0) is 4.79 Å². The van der Waals surface area contributed by atoms with Gasteiger partial charge in [-0.1, -0.05) is 6.07 Å². The summed E-state index contributed by atoms with van der Waals surface area (Å²) in [7, 11) is 0. The highest BCUT2D eigenvalue weighted by atomic mass is 35.5. The number of amides is 1. The number of benzene rings is 1. The molecule has 8 heteroatoms. The van der Waals surface area contributed by atoms with Crippen LogP contribution in [0.1, 0.15) is 19.8 Å². The highest BCUT2D eigenvalue weighted by molar-refractivity contribution is 5.85. The number of nitro groups is 1. The van der Waals surface area contributed by atoms with E-state index in [0.717, 1.165) is 12.8 Å². The number of carbonyl (C=O) groups is 1. The summed E-state index contributed by atoms with van der Waals surface area (Å²) < 4.78 is 5.29. The molecular formula is C14H20ClN3O4. The number of non-ortho nitro benzene ring substituents is 1. The lowest BCUT2D eigenvalue weighted by Gasteiger charge is -2.29. The van der Waals surface area contributed by atoms with Crippen LogP contribution >= 0.6 is 12.4 Å². The number of nitrogens with two attached hydrogens (primary N) is 1. The summed E-state index contributed by atoms with van der Waals surface area (Å²) in [5.41, 5.74) is 5.25. The van der Waals surface area contributed by atoms with Crippen molar-refractivity contribution >= 4 is 24.0 Å². The van der Waals surface area contributed by atoms with Crippen LogP contribution in [0.15, 0.2) is 24.3 Å². The third-order valence-corrected chi connectivity index (χ3v) is 3.73. The van der Waals surface area contributed by atoms with Gasteiger partial charge in [0, 0.05) is 12.6 Å². The second kappa shape index (κ2) is 7.42. The Kier molecular flexibility index (Phi) is 6.13. The summed E-state index contributed by atoms with van der Waals surface area (Å²) in [6.45, 7) is 2.11. The predicted octanol–water partition coefficient (Wildman–Crippen LogP) is 1.64. The Morgan fingerprint density at radius 2 is 2.23 bits per heavy atom. The molecule has 0 radical (unpaired) electrons. The van der Waals surface area contributed by atoms with Gasteiger partial charge in [0.15, 0.2) is 6.61 Å². The molecule has 0 bridgehead atoms. The predicted molar refractivity (Wildman–Crippen MR) is 84.2 cm³/mol. The van der Waals surface area contributed by atoms with E-state index in [2.05, 4.69) is 5.32 Å². The fourth-order valence-electron chi connectivity index (χ4n) is 2.23. The standard InChI is InChI=1S/C14H19N3O4.ClH/c1-14(9-15,10-5-6-10)16-13(18)8-21-12-4-2-3-11(7-12)17(19)20;/h2-4,7,10H,5-6,8-9,15H2,1H3,(H,16,18);1H. The van der Waals surface area contributed by atoms with E-state index in [4.69, 9.17) is 10.5 Å². The highest BCUT2D eigenvalue weighted by Gasteiger charge is 2.41. The number of hydrogen-bond donors (Lipinski definition) is 2. The van der Waals surface area contributed by atoms with Gasteiger partial charge in [-0.3, -0.25) is 14.9 Å². The Labute approximate surface area is 134 Å². The number of nitrogens with zero attached hydrogens (tertiary/aromatic N) is 1. The zero-order valence-electron chi connectivity index (χ0n) is 12.3. The van der Waals surface area contributed by atoms with Gasteiger partial charge in [-0.15, -0.1) is 12.4 Å². The molecule has 1 aliphatic carbocycles. The van der Waals surface area contributed by atoms with E-state index in [0.29, 0.717) is 18.2 Å². The van der Waals surface area contributed by atoms with Crippen LogP contribution in [0.25, 0.3) is 0 Å². The molecule has 1 aromatic carbocycles. The van der Waals surface area contributed by atoms with E-state index >= 15 is 0 Å². The van der Waals surface area contributed by atoms with Crippen molar-refractivity contribution in [2.45, 2.75) is 25.3 Å². The molecule has 122 valence electrons. The van der Waals surface area contributed by atoms with Gasteiger partial charge in [0.1, 0.15) is 5.75 Å². The van der Waals surface area contributed by atoms with Gasteiger partial charge in [0.2, 0.25) is 0 Å². The molecule has 0 aromatic heterocycles. The molecule has 1 saturated carbocycles. The summed E-state index contributed by atoms with van der Waals surface area (Å²) in [6.07, 6.45) is 2.14. The molecule has 1 amide bonds. The van der Waals surface area contributed by atoms with Crippen molar-refractivity contribution in [2.75, 3.05) is 13.2 Å². The SMILES string of the molecule is CC(CN)(NC(=O)COc1cccc([N+](=O)[O-])c1)C1CC1.Cl. The van der Waals surface area contributed by atoms with Crippen LogP contribution in [0.2, 0.25) is 0 Å². The van der Waals surface area contributed by atoms with Gasteiger partial charge in [0.25, 0.3) is 11.6 Å². The van der Waals surface area contributed by atoms with Crippen molar-refractivity contribution in [1.82, 2.24) is 5.32 Å². The van der Waals surface area contributed by atoms with E-state index in [1.807, 2.05) is 6.92 Å². The van der Waals surface area contributed by atoms with Crippen LogP contribution in [-0.4, -0.2) is 29.5 Å². The third-order valence-electron chi connectivity index (χ3n) is 3.73. The average molecular weight is 330 g/mol. The highest BCUT2D eigenvalue weighted by Crippen LogP contribution is 2.38. The first-order valence-corrected chi connectivity index (χ1v) is 6.83. The van der Waals surface area contributed by atoms with E-state index in [-0.39, 0.29) is 30.6 Å². The Hall–Kier alpha value is -1.86. The number of rotatable bonds is 7. The maximum absolute atomic E-state index is 11.9. The first-order valence-electron chi connectivity index (χ1n) is 6.83. The molecule has 22 heavy (non-hydrogen) atoms. The van der Waals surface area contributed by atoms with Crippen LogP contribution in [0.3, 0.4) is 0 Å². The lowest BCUT2D eigenvalue weighted by molar-refractivity contribution is -0.384. The van der Waals surface area contributed by atoms with Crippen LogP contribution < -0.4 is 15.8 Å². The molecule has 0 spiro atoms. The Bertz CT molecular complexity index is 551. The minimum atomic E-state index is -0.508. The van der Waals surface area contributed by atoms with E-state index < -0.39 is 10.5 Å². The molecule has 0 heterocycles. The van der Waals surface area contributed by atoms with E-state index in [1.165, 1.54) is 18.2 Å². The molecule has 1 aromatic rings. The maximum Gasteiger partial charge on any atom is 0.273 e. The van der Waals surface area contributed by atoms with Gasteiger partial charge in [-0.2, -0.15) is 0 Å². The van der Waals surface area contributed by atoms with E-state index in [9.17, 15) is 14.9 Å². The first kappa shape index (κ1) is 18.2. The van der Waals surface area contributed by atoms with Gasteiger partial charge in [-0.05, 0) is 31.7 Å².